The van der Waals surface area contributed by atoms with Crippen LogP contribution < -0.4 is 5.69 Å². The minimum Gasteiger partial charge on any atom is -0.393 e. The predicted octanol–water partition coefficient (Wildman–Crippen LogP) is -0.0423. The van der Waals surface area contributed by atoms with Crippen LogP contribution in [0.25, 0.3) is 0 Å². The highest BCUT2D eigenvalue weighted by molar-refractivity contribution is 4.79. The average molecular weight is 170 g/mol. The fourth-order valence-corrected chi connectivity index (χ4v) is 1.01. The predicted molar refractivity (Wildman–Crippen MR) is 46.0 cm³/mol. The minimum atomic E-state index is -0.350. The van der Waals surface area contributed by atoms with Crippen molar-refractivity contribution in [3.63, 3.8) is 0 Å². The highest BCUT2D eigenvalue weighted by Crippen LogP contribution is 1.92. The van der Waals surface area contributed by atoms with Gasteiger partial charge in [0.25, 0.3) is 0 Å². The van der Waals surface area contributed by atoms with E-state index in [1.54, 1.807) is 30.9 Å². The maximum atomic E-state index is 11.2. The van der Waals surface area contributed by atoms with Gasteiger partial charge in [0.05, 0.1) is 6.10 Å². The molecule has 1 N–H and O–H groups in total. The summed E-state index contributed by atoms with van der Waals surface area (Å²) in [4.78, 5) is 11.2. The summed E-state index contributed by atoms with van der Waals surface area (Å²) in [7, 11) is 1.71. The summed E-state index contributed by atoms with van der Waals surface area (Å²) in [5.74, 6) is 0. The third-order valence-electron chi connectivity index (χ3n) is 1.81. The molecule has 1 aromatic heterocycles. The van der Waals surface area contributed by atoms with Crippen molar-refractivity contribution in [2.75, 3.05) is 0 Å². The van der Waals surface area contributed by atoms with Crippen molar-refractivity contribution in [2.24, 2.45) is 7.05 Å². The summed E-state index contributed by atoms with van der Waals surface area (Å²) >= 11 is 0. The topological polar surface area (TPSA) is 47.2 Å². The van der Waals surface area contributed by atoms with Crippen LogP contribution in [0.3, 0.4) is 0 Å². The lowest BCUT2D eigenvalue weighted by atomic mass is 10.3. The molecule has 1 rings (SSSR count). The van der Waals surface area contributed by atoms with E-state index < -0.39 is 0 Å². The maximum Gasteiger partial charge on any atom is 0.327 e. The molecule has 0 saturated carbocycles. The molecule has 0 aromatic carbocycles. The van der Waals surface area contributed by atoms with Gasteiger partial charge in [0.2, 0.25) is 0 Å². The largest absolute Gasteiger partial charge is 0.393 e. The van der Waals surface area contributed by atoms with Gasteiger partial charge in [0, 0.05) is 26.0 Å². The van der Waals surface area contributed by atoms with Gasteiger partial charge in [0.15, 0.2) is 0 Å². The lowest BCUT2D eigenvalue weighted by Gasteiger charge is -2.03. The van der Waals surface area contributed by atoms with Gasteiger partial charge in [0.1, 0.15) is 0 Å². The summed E-state index contributed by atoms with van der Waals surface area (Å²) < 4.78 is 3.11. The molecule has 0 spiro atoms. The van der Waals surface area contributed by atoms with E-state index in [2.05, 4.69) is 0 Å². The van der Waals surface area contributed by atoms with Crippen molar-refractivity contribution < 1.29 is 5.11 Å². The number of imidazole rings is 1. The zero-order valence-corrected chi connectivity index (χ0v) is 7.40. The highest BCUT2D eigenvalue weighted by atomic mass is 16.3. The van der Waals surface area contributed by atoms with Gasteiger partial charge in [-0.15, -0.1) is 0 Å². The smallest absolute Gasteiger partial charge is 0.327 e. The molecule has 68 valence electrons. The zero-order chi connectivity index (χ0) is 9.14. The van der Waals surface area contributed by atoms with Crippen molar-refractivity contribution in [2.45, 2.75) is 26.0 Å². The van der Waals surface area contributed by atoms with Crippen molar-refractivity contribution in [1.29, 1.82) is 0 Å². The standard InChI is InChI=1S/C8H14N2O2/c1-7(11)3-4-10-6-5-9(2)8(10)12/h5-7,11H,3-4H2,1-2H3. The molecule has 1 heterocycles. The van der Waals surface area contributed by atoms with Crippen LogP contribution >= 0.6 is 0 Å². The lowest BCUT2D eigenvalue weighted by molar-refractivity contribution is 0.177. The van der Waals surface area contributed by atoms with Crippen LogP contribution in [0.2, 0.25) is 0 Å². The first-order valence-electron chi connectivity index (χ1n) is 4.01. The fourth-order valence-electron chi connectivity index (χ4n) is 1.01. The second-order valence-electron chi connectivity index (χ2n) is 3.02. The molecule has 12 heavy (non-hydrogen) atoms. The van der Waals surface area contributed by atoms with E-state index in [0.717, 1.165) is 0 Å². The molecular formula is C8H14N2O2. The van der Waals surface area contributed by atoms with Gasteiger partial charge in [-0.25, -0.2) is 4.79 Å². The van der Waals surface area contributed by atoms with E-state index in [9.17, 15) is 4.79 Å². The SMILES string of the molecule is CC(O)CCn1ccn(C)c1=O. The van der Waals surface area contributed by atoms with Gasteiger partial charge < -0.3 is 9.67 Å². The normalized spacial score (nSPS) is 13.2. The summed E-state index contributed by atoms with van der Waals surface area (Å²) in [5.41, 5.74) is -0.0318. The van der Waals surface area contributed by atoms with Crippen LogP contribution in [0.5, 0.6) is 0 Å². The molecule has 0 fully saturated rings. The molecule has 1 unspecified atom stereocenters. The van der Waals surface area contributed by atoms with Crippen LogP contribution in [-0.4, -0.2) is 20.3 Å². The molecule has 0 aliphatic carbocycles. The molecule has 1 atom stereocenters. The van der Waals surface area contributed by atoms with E-state index in [1.807, 2.05) is 0 Å². The van der Waals surface area contributed by atoms with Crippen molar-refractivity contribution >= 4 is 0 Å². The zero-order valence-electron chi connectivity index (χ0n) is 7.40. The van der Waals surface area contributed by atoms with Crippen LogP contribution in [-0.2, 0) is 13.6 Å². The Morgan fingerprint density at radius 1 is 1.58 bits per heavy atom. The Bertz CT molecular complexity index is 298. The molecule has 0 saturated heterocycles. The number of rotatable bonds is 3. The van der Waals surface area contributed by atoms with E-state index in [4.69, 9.17) is 5.11 Å². The van der Waals surface area contributed by atoms with E-state index in [0.29, 0.717) is 13.0 Å². The number of aryl methyl sites for hydroxylation is 2. The molecule has 4 nitrogen and oxygen atoms in total. The number of aliphatic hydroxyl groups is 1. The third kappa shape index (κ3) is 1.98. The minimum absolute atomic E-state index is 0.0318. The Hall–Kier alpha value is -1.03. The van der Waals surface area contributed by atoms with E-state index in [1.165, 1.54) is 4.57 Å². The lowest BCUT2D eigenvalue weighted by Crippen LogP contribution is -2.23. The quantitative estimate of drug-likeness (QED) is 0.691. The van der Waals surface area contributed by atoms with Gasteiger partial charge in [-0.1, -0.05) is 0 Å². The van der Waals surface area contributed by atoms with Crippen molar-refractivity contribution in [3.8, 4) is 0 Å². The Labute approximate surface area is 71.1 Å². The molecular weight excluding hydrogens is 156 g/mol. The highest BCUT2D eigenvalue weighted by Gasteiger charge is 2.00. The molecule has 4 heteroatoms. The van der Waals surface area contributed by atoms with Crippen LogP contribution in [0, 0.1) is 0 Å². The number of aliphatic hydroxyl groups excluding tert-OH is 1. The first kappa shape index (κ1) is 9.06. The van der Waals surface area contributed by atoms with Gasteiger partial charge in [-0.3, -0.25) is 4.57 Å². The summed E-state index contributed by atoms with van der Waals surface area (Å²) in [6.45, 7) is 2.30. The van der Waals surface area contributed by atoms with Crippen LogP contribution in [0.15, 0.2) is 17.2 Å². The monoisotopic (exact) mass is 170 g/mol. The Morgan fingerprint density at radius 2 is 2.25 bits per heavy atom. The summed E-state index contributed by atoms with van der Waals surface area (Å²) in [6, 6.07) is 0. The molecule has 0 amide bonds. The van der Waals surface area contributed by atoms with Gasteiger partial charge in [-0.05, 0) is 13.3 Å². The molecule has 0 bridgehead atoms. The van der Waals surface area contributed by atoms with E-state index in [-0.39, 0.29) is 11.8 Å². The number of hydrogen-bond donors (Lipinski definition) is 1. The molecule has 1 aromatic rings. The Morgan fingerprint density at radius 3 is 2.67 bits per heavy atom. The van der Waals surface area contributed by atoms with Crippen LogP contribution in [0.1, 0.15) is 13.3 Å². The van der Waals surface area contributed by atoms with Crippen molar-refractivity contribution in [1.82, 2.24) is 9.13 Å². The van der Waals surface area contributed by atoms with Crippen LogP contribution in [0.4, 0.5) is 0 Å². The summed E-state index contributed by atoms with van der Waals surface area (Å²) in [5, 5.41) is 8.99. The average Bonchev–Trinajstić information content (AvgIpc) is 2.30. The number of nitrogens with zero attached hydrogens (tertiary/aromatic N) is 2. The first-order chi connectivity index (χ1) is 5.61. The molecule has 0 aliphatic rings. The van der Waals surface area contributed by atoms with E-state index >= 15 is 0 Å². The molecule has 0 aliphatic heterocycles. The second-order valence-corrected chi connectivity index (χ2v) is 3.02. The molecule has 0 radical (unpaired) electrons. The van der Waals surface area contributed by atoms with Gasteiger partial charge >= 0.3 is 5.69 Å². The van der Waals surface area contributed by atoms with Gasteiger partial charge in [-0.2, -0.15) is 0 Å². The first-order valence-corrected chi connectivity index (χ1v) is 4.01. The van der Waals surface area contributed by atoms with Crippen molar-refractivity contribution in [3.05, 3.63) is 22.9 Å². The fraction of sp³-hybridized carbons (Fsp3) is 0.625. The second kappa shape index (κ2) is 3.58. The Balaban J connectivity index is 2.64. The Kier molecular flexibility index (Phi) is 2.70. The number of hydrogen-bond acceptors (Lipinski definition) is 2. The third-order valence-corrected chi connectivity index (χ3v) is 1.81. The number of aromatic nitrogens is 2. The maximum absolute atomic E-state index is 11.2. The summed E-state index contributed by atoms with van der Waals surface area (Å²) in [6.07, 6.45) is 3.70.